The van der Waals surface area contributed by atoms with Gasteiger partial charge in [-0.05, 0) is 18.1 Å². The minimum atomic E-state index is 0.0330. The van der Waals surface area contributed by atoms with E-state index in [4.69, 9.17) is 9.47 Å². The monoisotopic (exact) mass is 321 g/mol. The Balaban J connectivity index is 1.92. The quantitative estimate of drug-likeness (QED) is 0.903. The zero-order valence-electron chi connectivity index (χ0n) is 14.5. The van der Waals surface area contributed by atoms with Gasteiger partial charge in [-0.3, -0.25) is 0 Å². The van der Waals surface area contributed by atoms with Gasteiger partial charge in [0.15, 0.2) is 11.5 Å². The van der Waals surface area contributed by atoms with Gasteiger partial charge in [-0.1, -0.05) is 13.8 Å². The van der Waals surface area contributed by atoms with Crippen molar-refractivity contribution in [2.75, 3.05) is 51.8 Å². The van der Waals surface area contributed by atoms with E-state index in [1.807, 2.05) is 23.1 Å². The number of carbonyl (C=O) groups excluding carboxylic acids is 1. The number of nitrogens with zero attached hydrogens (tertiary/aromatic N) is 2. The molecular formula is C17H27N3O3. The standard InChI is InChI=1S/C17H27N3O3/c1-13(2)12-18-17(21)20-9-7-19(8-10-20)14-5-6-15(22-3)16(11-14)23-4/h5-6,11,13H,7-10,12H2,1-4H3,(H,18,21). The van der Waals surface area contributed by atoms with Crippen LogP contribution in [0.1, 0.15) is 13.8 Å². The van der Waals surface area contributed by atoms with E-state index in [2.05, 4.69) is 24.1 Å². The van der Waals surface area contributed by atoms with Crippen LogP contribution in [0.5, 0.6) is 11.5 Å². The second-order valence-electron chi connectivity index (χ2n) is 6.09. The number of nitrogens with one attached hydrogen (secondary N) is 1. The molecule has 0 atom stereocenters. The fourth-order valence-corrected chi connectivity index (χ4v) is 2.59. The van der Waals surface area contributed by atoms with Crippen LogP contribution in [0.2, 0.25) is 0 Å². The first-order valence-electron chi connectivity index (χ1n) is 8.05. The molecule has 1 fully saturated rings. The number of carbonyl (C=O) groups is 1. The topological polar surface area (TPSA) is 54.0 Å². The SMILES string of the molecule is COc1ccc(N2CCN(C(=O)NCC(C)C)CC2)cc1OC. The lowest BCUT2D eigenvalue weighted by molar-refractivity contribution is 0.193. The molecule has 2 amide bonds. The number of hydrogen-bond donors (Lipinski definition) is 1. The fourth-order valence-electron chi connectivity index (χ4n) is 2.59. The molecule has 1 aromatic carbocycles. The molecule has 1 saturated heterocycles. The summed E-state index contributed by atoms with van der Waals surface area (Å²) in [5.74, 6) is 1.91. The Hall–Kier alpha value is -2.11. The van der Waals surface area contributed by atoms with Gasteiger partial charge in [0.05, 0.1) is 14.2 Å². The highest BCUT2D eigenvalue weighted by molar-refractivity contribution is 5.74. The van der Waals surface area contributed by atoms with Crippen molar-refractivity contribution in [3.05, 3.63) is 18.2 Å². The van der Waals surface area contributed by atoms with Crippen molar-refractivity contribution in [3.63, 3.8) is 0 Å². The summed E-state index contributed by atoms with van der Waals surface area (Å²) in [5.41, 5.74) is 1.09. The molecule has 0 aliphatic carbocycles. The van der Waals surface area contributed by atoms with Crippen LogP contribution in [0.3, 0.4) is 0 Å². The fraction of sp³-hybridized carbons (Fsp3) is 0.588. The van der Waals surface area contributed by atoms with Crippen LogP contribution < -0.4 is 19.7 Å². The van der Waals surface area contributed by atoms with Crippen molar-refractivity contribution in [3.8, 4) is 11.5 Å². The van der Waals surface area contributed by atoms with E-state index in [0.717, 1.165) is 43.4 Å². The minimum absolute atomic E-state index is 0.0330. The van der Waals surface area contributed by atoms with Crippen LogP contribution in [0.4, 0.5) is 10.5 Å². The molecule has 1 aromatic rings. The molecular weight excluding hydrogens is 294 g/mol. The van der Waals surface area contributed by atoms with Gasteiger partial charge < -0.3 is 24.6 Å². The predicted octanol–water partition coefficient (Wildman–Crippen LogP) is 2.19. The predicted molar refractivity (Wildman–Crippen MR) is 91.6 cm³/mol. The highest BCUT2D eigenvalue weighted by Gasteiger charge is 2.21. The zero-order chi connectivity index (χ0) is 16.8. The van der Waals surface area contributed by atoms with Crippen molar-refractivity contribution in [1.29, 1.82) is 0 Å². The number of rotatable bonds is 5. The van der Waals surface area contributed by atoms with Gasteiger partial charge in [-0.25, -0.2) is 4.79 Å². The number of anilines is 1. The Morgan fingerprint density at radius 3 is 2.35 bits per heavy atom. The third-order valence-corrected chi connectivity index (χ3v) is 3.96. The van der Waals surface area contributed by atoms with E-state index in [1.54, 1.807) is 14.2 Å². The van der Waals surface area contributed by atoms with E-state index >= 15 is 0 Å². The molecule has 6 nitrogen and oxygen atoms in total. The first-order chi connectivity index (χ1) is 11.0. The van der Waals surface area contributed by atoms with Crippen LogP contribution in [-0.2, 0) is 0 Å². The van der Waals surface area contributed by atoms with Crippen molar-refractivity contribution >= 4 is 11.7 Å². The molecule has 0 spiro atoms. The van der Waals surface area contributed by atoms with Crippen molar-refractivity contribution < 1.29 is 14.3 Å². The Bertz CT molecular complexity index is 526. The average Bonchev–Trinajstić information content (AvgIpc) is 2.59. The van der Waals surface area contributed by atoms with Crippen LogP contribution >= 0.6 is 0 Å². The van der Waals surface area contributed by atoms with Crippen molar-refractivity contribution in [2.24, 2.45) is 5.92 Å². The summed E-state index contributed by atoms with van der Waals surface area (Å²) in [5, 5.41) is 2.97. The van der Waals surface area contributed by atoms with Crippen molar-refractivity contribution in [1.82, 2.24) is 10.2 Å². The maximum Gasteiger partial charge on any atom is 0.317 e. The molecule has 1 aliphatic rings. The van der Waals surface area contributed by atoms with Gasteiger partial charge in [0.1, 0.15) is 0 Å². The summed E-state index contributed by atoms with van der Waals surface area (Å²) in [6.45, 7) is 7.96. The Morgan fingerprint density at radius 1 is 1.13 bits per heavy atom. The maximum absolute atomic E-state index is 12.1. The number of urea groups is 1. The lowest BCUT2D eigenvalue weighted by Crippen LogP contribution is -2.52. The molecule has 6 heteroatoms. The van der Waals surface area contributed by atoms with Crippen molar-refractivity contribution in [2.45, 2.75) is 13.8 Å². The molecule has 0 saturated carbocycles. The smallest absolute Gasteiger partial charge is 0.317 e. The maximum atomic E-state index is 12.1. The lowest BCUT2D eigenvalue weighted by Gasteiger charge is -2.36. The summed E-state index contributed by atoms with van der Waals surface area (Å²) in [7, 11) is 3.27. The summed E-state index contributed by atoms with van der Waals surface area (Å²) in [6.07, 6.45) is 0. The molecule has 1 heterocycles. The normalized spacial score (nSPS) is 14.8. The number of hydrogen-bond acceptors (Lipinski definition) is 4. The first-order valence-corrected chi connectivity index (χ1v) is 8.05. The van der Waals surface area contributed by atoms with Crippen LogP contribution in [0, 0.1) is 5.92 Å². The summed E-state index contributed by atoms with van der Waals surface area (Å²) >= 11 is 0. The summed E-state index contributed by atoms with van der Waals surface area (Å²) in [4.78, 5) is 16.2. The van der Waals surface area contributed by atoms with E-state index < -0.39 is 0 Å². The minimum Gasteiger partial charge on any atom is -0.493 e. The van der Waals surface area contributed by atoms with E-state index in [-0.39, 0.29) is 6.03 Å². The van der Waals surface area contributed by atoms with Crippen LogP contribution in [-0.4, -0.2) is 57.9 Å². The molecule has 2 rings (SSSR count). The molecule has 0 radical (unpaired) electrons. The second kappa shape index (κ2) is 7.94. The summed E-state index contributed by atoms with van der Waals surface area (Å²) in [6, 6.07) is 5.95. The van der Waals surface area contributed by atoms with Gasteiger partial charge in [0, 0.05) is 44.5 Å². The van der Waals surface area contributed by atoms with Gasteiger partial charge in [-0.15, -0.1) is 0 Å². The molecule has 23 heavy (non-hydrogen) atoms. The summed E-state index contributed by atoms with van der Waals surface area (Å²) < 4.78 is 10.6. The first kappa shape index (κ1) is 17.2. The molecule has 1 aliphatic heterocycles. The number of amides is 2. The lowest BCUT2D eigenvalue weighted by atomic mass is 10.2. The Morgan fingerprint density at radius 2 is 1.78 bits per heavy atom. The largest absolute Gasteiger partial charge is 0.493 e. The van der Waals surface area contributed by atoms with E-state index in [1.165, 1.54) is 0 Å². The molecule has 1 N–H and O–H groups in total. The number of benzene rings is 1. The van der Waals surface area contributed by atoms with Gasteiger partial charge in [-0.2, -0.15) is 0 Å². The molecule has 128 valence electrons. The molecule has 0 aromatic heterocycles. The zero-order valence-corrected chi connectivity index (χ0v) is 14.5. The Labute approximate surface area is 138 Å². The van der Waals surface area contributed by atoms with E-state index in [0.29, 0.717) is 12.5 Å². The molecule has 0 bridgehead atoms. The van der Waals surface area contributed by atoms with Crippen LogP contribution in [0.25, 0.3) is 0 Å². The number of ether oxygens (including phenoxy) is 2. The van der Waals surface area contributed by atoms with Gasteiger partial charge in [0.2, 0.25) is 0 Å². The number of piperazine rings is 1. The third kappa shape index (κ3) is 4.43. The van der Waals surface area contributed by atoms with Gasteiger partial charge in [0.25, 0.3) is 0 Å². The Kier molecular flexibility index (Phi) is 5.96. The van der Waals surface area contributed by atoms with E-state index in [9.17, 15) is 4.79 Å². The van der Waals surface area contributed by atoms with Gasteiger partial charge >= 0.3 is 6.03 Å². The highest BCUT2D eigenvalue weighted by Crippen LogP contribution is 2.31. The second-order valence-corrected chi connectivity index (χ2v) is 6.09. The third-order valence-electron chi connectivity index (χ3n) is 3.96. The average molecular weight is 321 g/mol. The molecule has 0 unspecified atom stereocenters. The highest BCUT2D eigenvalue weighted by atomic mass is 16.5. The van der Waals surface area contributed by atoms with Crippen LogP contribution in [0.15, 0.2) is 18.2 Å². The number of methoxy groups -OCH3 is 2.